The van der Waals surface area contributed by atoms with Crippen molar-refractivity contribution in [2.45, 2.75) is 25.6 Å². The smallest absolute Gasteiger partial charge is 0.387 e. The number of alkyl halides is 2. The fourth-order valence-electron chi connectivity index (χ4n) is 2.63. The van der Waals surface area contributed by atoms with E-state index in [0.717, 1.165) is 19.4 Å². The van der Waals surface area contributed by atoms with Gasteiger partial charge < -0.3 is 20.1 Å². The number of pyridine rings is 1. The van der Waals surface area contributed by atoms with E-state index in [1.54, 1.807) is 12.1 Å². The number of carbonyl (C=O) groups is 1. The highest BCUT2D eigenvalue weighted by molar-refractivity contribution is 6.02. The Labute approximate surface area is 137 Å². The van der Waals surface area contributed by atoms with Crippen LogP contribution >= 0.6 is 0 Å². The van der Waals surface area contributed by atoms with Crippen molar-refractivity contribution in [3.8, 4) is 5.75 Å². The maximum absolute atomic E-state index is 12.5. The standard InChI is InChI=1S/C16H17F2N3O3/c17-15(18)24-13-6-5-12(11-4-1-7-19-14(11)13)21-16(22)20-9-10-3-2-8-23-10/h1,4-7,10,15H,2-3,8-9H2,(H2,20,21,22). The molecule has 1 aliphatic heterocycles. The molecule has 2 heterocycles. The molecule has 0 aliphatic carbocycles. The van der Waals surface area contributed by atoms with Gasteiger partial charge in [-0.3, -0.25) is 4.98 Å². The summed E-state index contributed by atoms with van der Waals surface area (Å²) in [4.78, 5) is 16.1. The Morgan fingerprint density at radius 1 is 1.42 bits per heavy atom. The van der Waals surface area contributed by atoms with Crippen molar-refractivity contribution in [3.05, 3.63) is 30.5 Å². The number of urea groups is 1. The molecular formula is C16H17F2N3O3. The van der Waals surface area contributed by atoms with Gasteiger partial charge in [-0.05, 0) is 37.1 Å². The molecule has 0 radical (unpaired) electrons. The molecule has 1 unspecified atom stereocenters. The first kappa shape index (κ1) is 16.4. The predicted molar refractivity (Wildman–Crippen MR) is 84.4 cm³/mol. The van der Waals surface area contributed by atoms with Gasteiger partial charge in [0.1, 0.15) is 5.52 Å². The number of benzene rings is 1. The summed E-state index contributed by atoms with van der Waals surface area (Å²) < 4.78 is 34.8. The zero-order valence-corrected chi connectivity index (χ0v) is 12.8. The van der Waals surface area contributed by atoms with E-state index in [1.807, 2.05) is 0 Å². The quantitative estimate of drug-likeness (QED) is 0.879. The molecule has 3 rings (SSSR count). The lowest BCUT2D eigenvalue weighted by Gasteiger charge is -2.14. The Morgan fingerprint density at radius 2 is 2.29 bits per heavy atom. The highest BCUT2D eigenvalue weighted by Gasteiger charge is 2.17. The summed E-state index contributed by atoms with van der Waals surface area (Å²) in [6.45, 7) is -1.80. The Kier molecular flexibility index (Phi) is 5.05. The summed E-state index contributed by atoms with van der Waals surface area (Å²) in [5.41, 5.74) is 0.722. The second-order valence-corrected chi connectivity index (χ2v) is 5.36. The molecule has 1 aromatic carbocycles. The summed E-state index contributed by atoms with van der Waals surface area (Å²) in [5.74, 6) is -0.0362. The highest BCUT2D eigenvalue weighted by Crippen LogP contribution is 2.30. The number of carbonyl (C=O) groups excluding carboxylic acids is 1. The molecule has 1 atom stereocenters. The number of halogens is 2. The number of aromatic nitrogens is 1. The SMILES string of the molecule is O=C(NCC1CCCO1)Nc1ccc(OC(F)F)c2ncccc12. The molecule has 1 aliphatic rings. The maximum Gasteiger partial charge on any atom is 0.387 e. The number of nitrogens with zero attached hydrogens (tertiary/aromatic N) is 1. The second-order valence-electron chi connectivity index (χ2n) is 5.36. The fraction of sp³-hybridized carbons (Fsp3) is 0.375. The Bertz CT molecular complexity index is 721. The Morgan fingerprint density at radius 3 is 3.04 bits per heavy atom. The van der Waals surface area contributed by atoms with Gasteiger partial charge in [0.15, 0.2) is 5.75 Å². The molecule has 2 amide bonds. The van der Waals surface area contributed by atoms with Crippen LogP contribution in [0.5, 0.6) is 5.75 Å². The molecule has 24 heavy (non-hydrogen) atoms. The molecule has 2 aromatic rings. The van der Waals surface area contributed by atoms with E-state index in [1.165, 1.54) is 18.3 Å². The van der Waals surface area contributed by atoms with Gasteiger partial charge in [-0.15, -0.1) is 0 Å². The van der Waals surface area contributed by atoms with Gasteiger partial charge in [-0.25, -0.2) is 4.79 Å². The van der Waals surface area contributed by atoms with Gasteiger partial charge in [-0.2, -0.15) is 8.78 Å². The van der Waals surface area contributed by atoms with Crippen molar-refractivity contribution in [1.82, 2.24) is 10.3 Å². The number of ether oxygens (including phenoxy) is 2. The van der Waals surface area contributed by atoms with Crippen LogP contribution in [0.25, 0.3) is 10.9 Å². The first-order valence-corrected chi connectivity index (χ1v) is 7.62. The lowest BCUT2D eigenvalue weighted by Crippen LogP contribution is -2.35. The lowest BCUT2D eigenvalue weighted by molar-refractivity contribution is -0.0489. The van der Waals surface area contributed by atoms with E-state index in [9.17, 15) is 13.6 Å². The molecule has 0 bridgehead atoms. The van der Waals surface area contributed by atoms with E-state index in [4.69, 9.17) is 4.74 Å². The first-order chi connectivity index (χ1) is 11.6. The van der Waals surface area contributed by atoms with Crippen molar-refractivity contribution in [3.63, 3.8) is 0 Å². The minimum atomic E-state index is -2.94. The number of hydrogen-bond acceptors (Lipinski definition) is 4. The van der Waals surface area contributed by atoms with Crippen molar-refractivity contribution in [2.24, 2.45) is 0 Å². The van der Waals surface area contributed by atoms with Crippen molar-refractivity contribution < 1.29 is 23.0 Å². The summed E-state index contributed by atoms with van der Waals surface area (Å²) in [7, 11) is 0. The molecule has 1 fully saturated rings. The third-order valence-electron chi connectivity index (χ3n) is 3.71. The van der Waals surface area contributed by atoms with Crippen LogP contribution in [0.1, 0.15) is 12.8 Å². The predicted octanol–water partition coefficient (Wildman–Crippen LogP) is 3.14. The zero-order valence-electron chi connectivity index (χ0n) is 12.8. The first-order valence-electron chi connectivity index (χ1n) is 7.62. The average Bonchev–Trinajstić information content (AvgIpc) is 3.08. The van der Waals surface area contributed by atoms with Crippen LogP contribution in [-0.2, 0) is 4.74 Å². The molecule has 128 valence electrons. The van der Waals surface area contributed by atoms with Gasteiger partial charge >= 0.3 is 12.6 Å². The minimum absolute atomic E-state index is 0.0362. The van der Waals surface area contributed by atoms with Crippen LogP contribution in [0, 0.1) is 0 Å². The number of nitrogens with one attached hydrogen (secondary N) is 2. The van der Waals surface area contributed by atoms with Gasteiger partial charge in [-0.1, -0.05) is 0 Å². The van der Waals surface area contributed by atoms with Crippen LogP contribution in [0.15, 0.2) is 30.5 Å². The molecule has 1 aromatic heterocycles. The minimum Gasteiger partial charge on any atom is -0.432 e. The van der Waals surface area contributed by atoms with Crippen molar-refractivity contribution >= 4 is 22.6 Å². The molecule has 1 saturated heterocycles. The van der Waals surface area contributed by atoms with Crippen LogP contribution < -0.4 is 15.4 Å². The molecule has 8 heteroatoms. The molecule has 0 saturated carbocycles. The second kappa shape index (κ2) is 7.39. The fourth-order valence-corrected chi connectivity index (χ4v) is 2.63. The summed E-state index contributed by atoms with van der Waals surface area (Å²) >= 11 is 0. The topological polar surface area (TPSA) is 72.5 Å². The average molecular weight is 337 g/mol. The van der Waals surface area contributed by atoms with E-state index >= 15 is 0 Å². The van der Waals surface area contributed by atoms with E-state index < -0.39 is 12.6 Å². The molecule has 6 nitrogen and oxygen atoms in total. The Balaban J connectivity index is 1.73. The van der Waals surface area contributed by atoms with Gasteiger partial charge in [0.25, 0.3) is 0 Å². The monoisotopic (exact) mass is 337 g/mol. The van der Waals surface area contributed by atoms with E-state index in [-0.39, 0.29) is 17.4 Å². The summed E-state index contributed by atoms with van der Waals surface area (Å²) in [6.07, 6.45) is 3.43. The third-order valence-corrected chi connectivity index (χ3v) is 3.71. The van der Waals surface area contributed by atoms with Crippen molar-refractivity contribution in [1.29, 1.82) is 0 Å². The highest BCUT2D eigenvalue weighted by atomic mass is 19.3. The van der Waals surface area contributed by atoms with Gasteiger partial charge in [0, 0.05) is 24.7 Å². The number of anilines is 1. The number of fused-ring (bicyclic) bond motifs is 1. The van der Waals surface area contributed by atoms with Crippen LogP contribution in [0.2, 0.25) is 0 Å². The Hall–Kier alpha value is -2.48. The van der Waals surface area contributed by atoms with Crippen molar-refractivity contribution in [2.75, 3.05) is 18.5 Å². The number of rotatable bonds is 5. The normalized spacial score (nSPS) is 17.2. The molecule has 2 N–H and O–H groups in total. The summed E-state index contributed by atoms with van der Waals surface area (Å²) in [5, 5.41) is 5.96. The largest absolute Gasteiger partial charge is 0.432 e. The zero-order chi connectivity index (χ0) is 16.9. The number of amides is 2. The van der Waals surface area contributed by atoms with Crippen LogP contribution in [0.4, 0.5) is 19.3 Å². The van der Waals surface area contributed by atoms with Gasteiger partial charge in [0.05, 0.1) is 11.8 Å². The molecular weight excluding hydrogens is 320 g/mol. The lowest BCUT2D eigenvalue weighted by atomic mass is 10.1. The maximum atomic E-state index is 12.5. The van der Waals surface area contributed by atoms with E-state index in [2.05, 4.69) is 20.4 Å². The molecule has 0 spiro atoms. The summed E-state index contributed by atoms with van der Waals surface area (Å²) in [6, 6.07) is 5.81. The van der Waals surface area contributed by atoms with Crippen LogP contribution in [0.3, 0.4) is 0 Å². The van der Waals surface area contributed by atoms with Crippen LogP contribution in [-0.4, -0.2) is 36.9 Å². The third kappa shape index (κ3) is 3.88. The van der Waals surface area contributed by atoms with Gasteiger partial charge in [0.2, 0.25) is 0 Å². The van der Waals surface area contributed by atoms with E-state index in [0.29, 0.717) is 17.6 Å². The number of hydrogen-bond donors (Lipinski definition) is 2.